The van der Waals surface area contributed by atoms with Gasteiger partial charge in [-0.25, -0.2) is 0 Å². The normalized spacial score (nSPS) is 20.0. The van der Waals surface area contributed by atoms with Crippen LogP contribution in [0.5, 0.6) is 5.75 Å². The lowest BCUT2D eigenvalue weighted by molar-refractivity contribution is 0.104. The van der Waals surface area contributed by atoms with E-state index in [4.69, 9.17) is 9.73 Å². The molecular formula is C22H34N2O2. The number of unbranched alkanes of at least 4 members (excludes halogenated alkanes) is 3. The number of nitrogens with zero attached hydrogens (tertiary/aromatic N) is 1. The molecule has 0 saturated heterocycles. The van der Waals surface area contributed by atoms with Crippen molar-refractivity contribution in [3.63, 3.8) is 0 Å². The topological polar surface area (TPSA) is 53.9 Å². The summed E-state index contributed by atoms with van der Waals surface area (Å²) in [7, 11) is 0. The Balaban J connectivity index is 1.90. The third kappa shape index (κ3) is 6.26. The van der Waals surface area contributed by atoms with E-state index in [-0.39, 0.29) is 5.54 Å². The molecule has 0 radical (unpaired) electrons. The van der Waals surface area contributed by atoms with Crippen LogP contribution in [-0.2, 0) is 5.54 Å². The summed E-state index contributed by atoms with van der Waals surface area (Å²) in [4.78, 5) is 4.75. The van der Waals surface area contributed by atoms with Crippen molar-refractivity contribution < 1.29 is 9.84 Å². The molecule has 4 heteroatoms. The number of hydrogen-bond donors (Lipinski definition) is 2. The molecule has 2 unspecified atom stereocenters. The van der Waals surface area contributed by atoms with Crippen molar-refractivity contribution in [3.05, 3.63) is 42.0 Å². The molecule has 0 aliphatic carbocycles. The van der Waals surface area contributed by atoms with Crippen molar-refractivity contribution >= 4 is 6.21 Å². The molecule has 1 aromatic carbocycles. The van der Waals surface area contributed by atoms with Crippen LogP contribution < -0.4 is 10.1 Å². The predicted octanol–water partition coefficient (Wildman–Crippen LogP) is 4.23. The lowest BCUT2D eigenvalue weighted by Gasteiger charge is -2.25. The molecule has 0 spiro atoms. The molecule has 1 aromatic rings. The van der Waals surface area contributed by atoms with Crippen molar-refractivity contribution in [2.75, 3.05) is 13.2 Å². The molecule has 1 aliphatic heterocycles. The van der Waals surface area contributed by atoms with Crippen molar-refractivity contribution in [1.29, 1.82) is 0 Å². The van der Waals surface area contributed by atoms with Crippen LogP contribution in [0.15, 0.2) is 41.4 Å². The number of ether oxygens (including phenoxy) is 1. The van der Waals surface area contributed by atoms with Crippen LogP contribution in [0.1, 0.15) is 58.4 Å². The van der Waals surface area contributed by atoms with Crippen molar-refractivity contribution in [3.8, 4) is 5.75 Å². The summed E-state index contributed by atoms with van der Waals surface area (Å²) in [6.45, 7) is 7.18. The third-order valence-electron chi connectivity index (χ3n) is 4.73. The zero-order valence-corrected chi connectivity index (χ0v) is 16.4. The molecule has 2 atom stereocenters. The van der Waals surface area contributed by atoms with E-state index in [9.17, 15) is 5.11 Å². The highest BCUT2D eigenvalue weighted by molar-refractivity contribution is 5.75. The number of aliphatic hydroxyl groups is 1. The minimum atomic E-state index is -0.510. The Morgan fingerprint density at radius 1 is 1.15 bits per heavy atom. The number of benzene rings is 1. The summed E-state index contributed by atoms with van der Waals surface area (Å²) in [5.74, 6) is 0.782. The van der Waals surface area contributed by atoms with Gasteiger partial charge in [0, 0.05) is 18.8 Å². The van der Waals surface area contributed by atoms with E-state index in [0.29, 0.717) is 19.2 Å². The van der Waals surface area contributed by atoms with Gasteiger partial charge in [-0.05, 0) is 30.2 Å². The number of allylic oxidation sites excluding steroid dienone is 1. The fraction of sp³-hybridized carbons (Fsp3) is 0.591. The average molecular weight is 359 g/mol. The fourth-order valence-corrected chi connectivity index (χ4v) is 3.17. The molecule has 0 saturated carbocycles. The summed E-state index contributed by atoms with van der Waals surface area (Å²) >= 11 is 0. The quantitative estimate of drug-likeness (QED) is 0.550. The van der Waals surface area contributed by atoms with E-state index in [2.05, 4.69) is 44.3 Å². The molecule has 2 rings (SSSR count). The number of aliphatic imine (C=N–C) groups is 1. The fourth-order valence-electron chi connectivity index (χ4n) is 3.17. The first-order chi connectivity index (χ1) is 12.6. The predicted molar refractivity (Wildman–Crippen MR) is 109 cm³/mol. The maximum atomic E-state index is 9.95. The van der Waals surface area contributed by atoms with Gasteiger partial charge < -0.3 is 15.2 Å². The second-order valence-electron chi connectivity index (χ2n) is 7.42. The first-order valence-corrected chi connectivity index (χ1v) is 9.93. The summed E-state index contributed by atoms with van der Waals surface area (Å²) in [6, 6.07) is 8.51. The first kappa shape index (κ1) is 20.7. The Hall–Kier alpha value is -1.65. The molecule has 2 N–H and O–H groups in total. The average Bonchev–Trinajstić information content (AvgIpc) is 3.12. The zero-order chi connectivity index (χ0) is 18.8. The van der Waals surface area contributed by atoms with E-state index in [1.54, 1.807) is 0 Å². The van der Waals surface area contributed by atoms with E-state index < -0.39 is 6.10 Å². The molecular weight excluding hydrogens is 324 g/mol. The third-order valence-corrected chi connectivity index (χ3v) is 4.73. The molecule has 0 bridgehead atoms. The molecule has 1 heterocycles. The van der Waals surface area contributed by atoms with Gasteiger partial charge in [0.1, 0.15) is 24.0 Å². The van der Waals surface area contributed by atoms with E-state index in [1.807, 2.05) is 24.4 Å². The number of aliphatic hydroxyl groups excluding tert-OH is 1. The largest absolute Gasteiger partial charge is 0.491 e. The van der Waals surface area contributed by atoms with Crippen LogP contribution >= 0.6 is 0 Å². The van der Waals surface area contributed by atoms with Gasteiger partial charge in [0.2, 0.25) is 0 Å². The van der Waals surface area contributed by atoms with E-state index >= 15 is 0 Å². The Morgan fingerprint density at radius 2 is 1.92 bits per heavy atom. The van der Waals surface area contributed by atoms with E-state index in [0.717, 1.165) is 12.2 Å². The molecule has 0 amide bonds. The molecule has 1 aliphatic rings. The Bertz CT molecular complexity index is 566. The van der Waals surface area contributed by atoms with Crippen LogP contribution in [0.4, 0.5) is 0 Å². The monoisotopic (exact) mass is 358 g/mol. The SMILES string of the molecule is CCCCCCC1(c2ccc(OCC(O)CNC(C)C)cc2)C=CC=N1. The van der Waals surface area contributed by atoms with Crippen molar-refractivity contribution in [2.45, 2.75) is 70.6 Å². The Labute approximate surface area is 158 Å². The van der Waals surface area contributed by atoms with Gasteiger partial charge in [0.05, 0.1) is 0 Å². The zero-order valence-electron chi connectivity index (χ0n) is 16.4. The van der Waals surface area contributed by atoms with Gasteiger partial charge in [-0.1, -0.05) is 64.7 Å². The van der Waals surface area contributed by atoms with Gasteiger partial charge in [-0.2, -0.15) is 0 Å². The smallest absolute Gasteiger partial charge is 0.119 e. The van der Waals surface area contributed by atoms with Crippen LogP contribution in [-0.4, -0.2) is 36.6 Å². The van der Waals surface area contributed by atoms with Gasteiger partial charge in [0.15, 0.2) is 0 Å². The van der Waals surface area contributed by atoms with Gasteiger partial charge >= 0.3 is 0 Å². The van der Waals surface area contributed by atoms with Crippen LogP contribution in [0.25, 0.3) is 0 Å². The minimum absolute atomic E-state index is 0.215. The standard InChI is InChI=1S/C22H34N2O2/c1-4-5-6-7-13-22(14-8-15-24-22)19-9-11-21(12-10-19)26-17-20(25)16-23-18(2)3/h8-12,14-15,18,20,23,25H,4-7,13,16-17H2,1-3H3. The van der Waals surface area contributed by atoms with E-state index in [1.165, 1.54) is 31.2 Å². The molecule has 4 nitrogen and oxygen atoms in total. The summed E-state index contributed by atoms with van der Waals surface area (Å²) in [5, 5.41) is 13.2. The summed E-state index contributed by atoms with van der Waals surface area (Å²) in [5.41, 5.74) is 0.987. The molecule has 0 fully saturated rings. The molecule has 26 heavy (non-hydrogen) atoms. The molecule has 144 valence electrons. The minimum Gasteiger partial charge on any atom is -0.491 e. The Morgan fingerprint density at radius 3 is 2.54 bits per heavy atom. The second kappa shape index (κ2) is 10.5. The van der Waals surface area contributed by atoms with Gasteiger partial charge in [-0.15, -0.1) is 0 Å². The van der Waals surface area contributed by atoms with Crippen molar-refractivity contribution in [1.82, 2.24) is 5.32 Å². The lowest BCUT2D eigenvalue weighted by atomic mass is 9.85. The first-order valence-electron chi connectivity index (χ1n) is 9.93. The number of nitrogens with one attached hydrogen (secondary N) is 1. The van der Waals surface area contributed by atoms with Gasteiger partial charge in [-0.3, -0.25) is 4.99 Å². The lowest BCUT2D eigenvalue weighted by Crippen LogP contribution is -2.35. The highest BCUT2D eigenvalue weighted by atomic mass is 16.5. The summed E-state index contributed by atoms with van der Waals surface area (Å²) < 4.78 is 5.72. The highest BCUT2D eigenvalue weighted by Crippen LogP contribution is 2.36. The van der Waals surface area contributed by atoms with Gasteiger partial charge in [0.25, 0.3) is 0 Å². The maximum Gasteiger partial charge on any atom is 0.119 e. The molecule has 0 aromatic heterocycles. The van der Waals surface area contributed by atoms with Crippen molar-refractivity contribution in [2.24, 2.45) is 4.99 Å². The van der Waals surface area contributed by atoms with Crippen LogP contribution in [0.3, 0.4) is 0 Å². The Kier molecular flexibility index (Phi) is 8.33. The van der Waals surface area contributed by atoms with Crippen LogP contribution in [0, 0.1) is 0 Å². The highest BCUT2D eigenvalue weighted by Gasteiger charge is 2.29. The second-order valence-corrected chi connectivity index (χ2v) is 7.42. The summed E-state index contributed by atoms with van der Waals surface area (Å²) in [6.07, 6.45) is 11.7. The maximum absolute atomic E-state index is 9.95. The number of rotatable bonds is 12. The number of hydrogen-bond acceptors (Lipinski definition) is 4. The van der Waals surface area contributed by atoms with Crippen LogP contribution in [0.2, 0.25) is 0 Å².